The second-order valence-corrected chi connectivity index (χ2v) is 4.61. The summed E-state index contributed by atoms with van der Waals surface area (Å²) in [7, 11) is 0. The average molecular weight is 288 g/mol. The van der Waals surface area contributed by atoms with Crippen LogP contribution < -0.4 is 10.6 Å². The monoisotopic (exact) mass is 288 g/mol. The number of anilines is 2. The second kappa shape index (κ2) is 6.78. The number of benzene rings is 1. The largest absolute Gasteiger partial charge is 0.351 e. The van der Waals surface area contributed by atoms with Gasteiger partial charge >= 0.3 is 0 Å². The molecule has 21 heavy (non-hydrogen) atoms. The van der Waals surface area contributed by atoms with Gasteiger partial charge in [-0.25, -0.2) is 14.4 Å². The summed E-state index contributed by atoms with van der Waals surface area (Å²) >= 11 is 0. The van der Waals surface area contributed by atoms with Crippen molar-refractivity contribution in [2.75, 3.05) is 11.9 Å². The van der Waals surface area contributed by atoms with E-state index in [0.717, 1.165) is 6.42 Å². The van der Waals surface area contributed by atoms with Crippen LogP contribution in [0.1, 0.15) is 29.5 Å². The van der Waals surface area contributed by atoms with Gasteiger partial charge in [-0.1, -0.05) is 6.92 Å². The second-order valence-electron chi connectivity index (χ2n) is 4.61. The fraction of sp³-hybridized carbons (Fsp3) is 0.267. The van der Waals surface area contributed by atoms with E-state index in [-0.39, 0.29) is 11.7 Å². The molecule has 0 saturated carbocycles. The number of rotatable bonds is 5. The van der Waals surface area contributed by atoms with E-state index in [1.54, 1.807) is 25.1 Å². The van der Waals surface area contributed by atoms with Crippen molar-refractivity contribution < 1.29 is 9.18 Å². The van der Waals surface area contributed by atoms with Crippen molar-refractivity contribution in [2.24, 2.45) is 0 Å². The Morgan fingerprint density at radius 2 is 1.95 bits per heavy atom. The Kier molecular flexibility index (Phi) is 4.81. The van der Waals surface area contributed by atoms with Crippen molar-refractivity contribution in [1.29, 1.82) is 0 Å². The number of carbonyl (C=O) groups is 1. The number of hydrogen-bond donors (Lipinski definition) is 2. The number of nitrogens with zero attached hydrogens (tertiary/aromatic N) is 2. The molecule has 1 aromatic carbocycles. The lowest BCUT2D eigenvalue weighted by Gasteiger charge is -2.08. The van der Waals surface area contributed by atoms with Gasteiger partial charge in [0.1, 0.15) is 11.5 Å². The van der Waals surface area contributed by atoms with E-state index in [1.807, 2.05) is 6.92 Å². The van der Waals surface area contributed by atoms with Crippen molar-refractivity contribution >= 4 is 17.5 Å². The summed E-state index contributed by atoms with van der Waals surface area (Å²) in [4.78, 5) is 20.3. The van der Waals surface area contributed by atoms with E-state index < -0.39 is 0 Å². The van der Waals surface area contributed by atoms with Gasteiger partial charge in [0.15, 0.2) is 0 Å². The Morgan fingerprint density at radius 3 is 2.62 bits per heavy atom. The first-order chi connectivity index (χ1) is 10.1. The van der Waals surface area contributed by atoms with Gasteiger partial charge in [-0.05, 0) is 43.7 Å². The van der Waals surface area contributed by atoms with Crippen molar-refractivity contribution in [1.82, 2.24) is 15.3 Å². The van der Waals surface area contributed by atoms with Crippen LogP contribution in [0, 0.1) is 12.7 Å². The molecule has 0 bridgehead atoms. The van der Waals surface area contributed by atoms with Crippen molar-refractivity contribution in [3.8, 4) is 0 Å². The fourth-order valence-electron chi connectivity index (χ4n) is 1.73. The highest BCUT2D eigenvalue weighted by molar-refractivity contribution is 5.92. The Morgan fingerprint density at radius 1 is 1.24 bits per heavy atom. The van der Waals surface area contributed by atoms with Gasteiger partial charge in [0, 0.05) is 17.9 Å². The molecule has 0 atom stereocenters. The maximum Gasteiger partial charge on any atom is 0.270 e. The SMILES string of the molecule is CCCNC(=O)c1cc(C)nc(Nc2ccc(F)cc2)n1. The van der Waals surface area contributed by atoms with Crippen molar-refractivity contribution in [3.63, 3.8) is 0 Å². The molecule has 0 radical (unpaired) electrons. The first-order valence-electron chi connectivity index (χ1n) is 6.75. The summed E-state index contributed by atoms with van der Waals surface area (Å²) in [5.74, 6) is -0.238. The third-order valence-corrected chi connectivity index (χ3v) is 2.72. The lowest BCUT2D eigenvalue weighted by Crippen LogP contribution is -2.25. The lowest BCUT2D eigenvalue weighted by molar-refractivity contribution is 0.0948. The zero-order valence-electron chi connectivity index (χ0n) is 12.0. The molecule has 0 aliphatic carbocycles. The topological polar surface area (TPSA) is 66.9 Å². The molecule has 1 aromatic heterocycles. The van der Waals surface area contributed by atoms with E-state index in [9.17, 15) is 9.18 Å². The molecule has 6 heteroatoms. The summed E-state index contributed by atoms with van der Waals surface area (Å²) in [6, 6.07) is 7.47. The number of nitrogens with one attached hydrogen (secondary N) is 2. The molecule has 0 aliphatic rings. The smallest absolute Gasteiger partial charge is 0.270 e. The first kappa shape index (κ1) is 14.9. The minimum absolute atomic E-state index is 0.232. The van der Waals surface area contributed by atoms with Gasteiger partial charge in [-0.2, -0.15) is 0 Å². The standard InChI is InChI=1S/C15H17FN4O/c1-3-8-17-14(21)13-9-10(2)18-15(20-13)19-12-6-4-11(16)5-7-12/h4-7,9H,3,8H2,1-2H3,(H,17,21)(H,18,19,20). The summed E-state index contributed by atoms with van der Waals surface area (Å²) in [5.41, 5.74) is 1.64. The Balaban J connectivity index is 2.18. The van der Waals surface area contributed by atoms with Gasteiger partial charge in [0.2, 0.25) is 5.95 Å². The fourth-order valence-corrected chi connectivity index (χ4v) is 1.73. The number of amides is 1. The molecule has 0 unspecified atom stereocenters. The lowest BCUT2D eigenvalue weighted by atomic mass is 10.3. The summed E-state index contributed by atoms with van der Waals surface area (Å²) in [6.45, 7) is 4.36. The molecule has 1 amide bonds. The molecule has 5 nitrogen and oxygen atoms in total. The molecule has 2 rings (SSSR count). The predicted octanol–water partition coefficient (Wildman–Crippen LogP) is 2.81. The number of halogens is 1. The Bertz CT molecular complexity index is 628. The van der Waals surface area contributed by atoms with Crippen LogP contribution in [0.2, 0.25) is 0 Å². The van der Waals surface area contributed by atoms with E-state index >= 15 is 0 Å². The minimum atomic E-state index is -0.314. The highest BCUT2D eigenvalue weighted by Crippen LogP contribution is 2.14. The van der Waals surface area contributed by atoms with Crippen LogP contribution in [0.25, 0.3) is 0 Å². The zero-order chi connectivity index (χ0) is 15.2. The average Bonchev–Trinajstić information content (AvgIpc) is 2.46. The van der Waals surface area contributed by atoms with Gasteiger partial charge in [0.05, 0.1) is 0 Å². The zero-order valence-corrected chi connectivity index (χ0v) is 12.0. The molecule has 2 aromatic rings. The normalized spacial score (nSPS) is 10.2. The predicted molar refractivity (Wildman–Crippen MR) is 79.1 cm³/mol. The van der Waals surface area contributed by atoms with Gasteiger partial charge in [-0.15, -0.1) is 0 Å². The summed E-state index contributed by atoms with van der Waals surface area (Å²) in [6.07, 6.45) is 0.858. The highest BCUT2D eigenvalue weighted by atomic mass is 19.1. The maximum atomic E-state index is 12.9. The minimum Gasteiger partial charge on any atom is -0.351 e. The molecule has 0 aliphatic heterocycles. The van der Waals surface area contributed by atoms with Gasteiger partial charge < -0.3 is 10.6 Å². The maximum absolute atomic E-state index is 12.9. The van der Waals surface area contributed by atoms with E-state index in [1.165, 1.54) is 12.1 Å². The van der Waals surface area contributed by atoms with Crippen LogP contribution in [-0.4, -0.2) is 22.4 Å². The van der Waals surface area contributed by atoms with E-state index in [2.05, 4.69) is 20.6 Å². The molecular weight excluding hydrogens is 271 g/mol. The van der Waals surface area contributed by atoms with Crippen molar-refractivity contribution in [3.05, 3.63) is 47.5 Å². The quantitative estimate of drug-likeness (QED) is 0.888. The number of aryl methyl sites for hydroxylation is 1. The summed E-state index contributed by atoms with van der Waals surface area (Å²) in [5, 5.41) is 5.72. The van der Waals surface area contributed by atoms with Crippen molar-refractivity contribution in [2.45, 2.75) is 20.3 Å². The highest BCUT2D eigenvalue weighted by Gasteiger charge is 2.10. The van der Waals surface area contributed by atoms with Crippen LogP contribution in [-0.2, 0) is 0 Å². The Hall–Kier alpha value is -2.50. The molecular formula is C15H17FN4O. The Labute approximate surface area is 122 Å². The number of aromatic nitrogens is 2. The number of hydrogen-bond acceptors (Lipinski definition) is 4. The number of carbonyl (C=O) groups excluding carboxylic acids is 1. The molecule has 110 valence electrons. The van der Waals surface area contributed by atoms with Crippen LogP contribution in [0.5, 0.6) is 0 Å². The first-order valence-corrected chi connectivity index (χ1v) is 6.75. The van der Waals surface area contributed by atoms with Crippen LogP contribution in [0.3, 0.4) is 0 Å². The third-order valence-electron chi connectivity index (χ3n) is 2.72. The molecule has 1 heterocycles. The van der Waals surface area contributed by atoms with E-state index in [0.29, 0.717) is 29.6 Å². The third kappa shape index (κ3) is 4.24. The van der Waals surface area contributed by atoms with Crippen LogP contribution in [0.4, 0.5) is 16.0 Å². The molecule has 2 N–H and O–H groups in total. The molecule has 0 saturated heterocycles. The van der Waals surface area contributed by atoms with Gasteiger partial charge in [-0.3, -0.25) is 4.79 Å². The molecule has 0 spiro atoms. The van der Waals surface area contributed by atoms with Gasteiger partial charge in [0.25, 0.3) is 5.91 Å². The van der Waals surface area contributed by atoms with Crippen LogP contribution in [0.15, 0.2) is 30.3 Å². The van der Waals surface area contributed by atoms with E-state index in [4.69, 9.17) is 0 Å². The molecule has 0 fully saturated rings. The van der Waals surface area contributed by atoms with Crippen LogP contribution >= 0.6 is 0 Å². The summed E-state index contributed by atoms with van der Waals surface area (Å²) < 4.78 is 12.9.